The van der Waals surface area contributed by atoms with Crippen molar-refractivity contribution in [2.75, 3.05) is 6.54 Å². The summed E-state index contributed by atoms with van der Waals surface area (Å²) in [6, 6.07) is 20.8. The minimum atomic E-state index is -0.100. The second-order valence-electron chi connectivity index (χ2n) is 8.14. The van der Waals surface area contributed by atoms with Crippen molar-refractivity contribution in [2.45, 2.75) is 32.2 Å². The number of rotatable bonds is 7. The Morgan fingerprint density at radius 1 is 0.909 bits per heavy atom. The molecule has 33 heavy (non-hydrogen) atoms. The molecule has 1 aliphatic rings. The van der Waals surface area contributed by atoms with Crippen molar-refractivity contribution in [3.63, 3.8) is 0 Å². The minimum absolute atomic E-state index is 0.100. The van der Waals surface area contributed by atoms with Gasteiger partial charge in [-0.15, -0.1) is 0 Å². The molecule has 4 aromatic rings. The van der Waals surface area contributed by atoms with Crippen LogP contribution in [-0.2, 0) is 19.4 Å². The summed E-state index contributed by atoms with van der Waals surface area (Å²) in [6.45, 7) is 1.17. The lowest BCUT2D eigenvalue weighted by atomic mass is 9.94. The Labute approximate surface area is 193 Å². The molecule has 0 saturated carbocycles. The molecule has 0 bridgehead atoms. The lowest BCUT2D eigenvalue weighted by molar-refractivity contribution is 0.0952. The van der Waals surface area contributed by atoms with E-state index in [1.54, 1.807) is 24.5 Å². The summed E-state index contributed by atoms with van der Waals surface area (Å²) in [7, 11) is 0. The van der Waals surface area contributed by atoms with E-state index in [9.17, 15) is 4.79 Å². The summed E-state index contributed by atoms with van der Waals surface area (Å²) in [5.41, 5.74) is 5.39. The number of hydrogen-bond acceptors (Lipinski definition) is 4. The topological polar surface area (TPSA) is 69.0 Å². The van der Waals surface area contributed by atoms with E-state index in [0.717, 1.165) is 29.8 Å². The second-order valence-corrected chi connectivity index (χ2v) is 8.14. The molecule has 2 heterocycles. The predicted molar refractivity (Wildman–Crippen MR) is 127 cm³/mol. The van der Waals surface area contributed by atoms with E-state index in [1.807, 2.05) is 54.6 Å². The Morgan fingerprint density at radius 3 is 2.42 bits per heavy atom. The van der Waals surface area contributed by atoms with Crippen LogP contribution in [0.1, 0.15) is 34.5 Å². The van der Waals surface area contributed by atoms with Gasteiger partial charge in [0.2, 0.25) is 0 Å². The van der Waals surface area contributed by atoms with Gasteiger partial charge in [0.1, 0.15) is 11.5 Å². The van der Waals surface area contributed by atoms with Gasteiger partial charge in [-0.1, -0.05) is 18.2 Å². The van der Waals surface area contributed by atoms with Crippen LogP contribution in [0.2, 0.25) is 0 Å². The molecule has 2 aromatic carbocycles. The molecule has 5 rings (SSSR count). The maximum Gasteiger partial charge on any atom is 0.251 e. The largest absolute Gasteiger partial charge is 0.457 e. The van der Waals surface area contributed by atoms with Gasteiger partial charge in [0.25, 0.3) is 5.91 Å². The number of carbonyl (C=O) groups is 1. The van der Waals surface area contributed by atoms with Gasteiger partial charge in [-0.25, -0.2) is 0 Å². The Kier molecular flexibility index (Phi) is 6.15. The molecule has 1 amide bonds. The Bertz CT molecular complexity index is 1220. The third-order valence-electron chi connectivity index (χ3n) is 5.92. The van der Waals surface area contributed by atoms with Crippen LogP contribution < -0.4 is 10.1 Å². The number of aromatic nitrogens is 3. The molecule has 0 spiro atoms. The molecule has 0 saturated heterocycles. The first-order chi connectivity index (χ1) is 16.3. The molecule has 0 atom stereocenters. The highest BCUT2D eigenvalue weighted by molar-refractivity contribution is 5.94. The average molecular weight is 439 g/mol. The Balaban J connectivity index is 1.22. The lowest BCUT2D eigenvalue weighted by Crippen LogP contribution is -2.28. The first-order valence-electron chi connectivity index (χ1n) is 11.4. The smallest absolute Gasteiger partial charge is 0.251 e. The first kappa shape index (κ1) is 20.9. The maximum atomic E-state index is 12.6. The van der Waals surface area contributed by atoms with Gasteiger partial charge in [-0.3, -0.25) is 14.5 Å². The molecular weight excluding hydrogens is 412 g/mol. The van der Waals surface area contributed by atoms with Crippen molar-refractivity contribution in [3.8, 4) is 22.8 Å². The number of ether oxygens (including phenoxy) is 1. The number of amides is 1. The number of para-hydroxylation sites is 1. The van der Waals surface area contributed by atoms with Crippen LogP contribution in [-0.4, -0.2) is 27.2 Å². The van der Waals surface area contributed by atoms with Crippen molar-refractivity contribution >= 4 is 5.91 Å². The van der Waals surface area contributed by atoms with Gasteiger partial charge in [0.05, 0.1) is 12.2 Å². The van der Waals surface area contributed by atoms with Crippen LogP contribution >= 0.6 is 0 Å². The van der Waals surface area contributed by atoms with E-state index < -0.39 is 0 Å². The van der Waals surface area contributed by atoms with Crippen LogP contribution in [0.4, 0.5) is 0 Å². The number of hydrogen-bond donors (Lipinski definition) is 1. The van der Waals surface area contributed by atoms with E-state index in [0.29, 0.717) is 24.4 Å². The number of fused-ring (bicyclic) bond motifs is 1. The molecule has 166 valence electrons. The Hall–Kier alpha value is -3.93. The number of carbonyl (C=O) groups excluding carboxylic acids is 1. The molecular formula is C27H26N4O2. The number of pyridine rings is 1. The molecule has 0 fully saturated rings. The monoisotopic (exact) mass is 438 g/mol. The third kappa shape index (κ3) is 4.80. The number of benzene rings is 2. The van der Waals surface area contributed by atoms with Gasteiger partial charge in [-0.05, 0) is 74.2 Å². The summed E-state index contributed by atoms with van der Waals surface area (Å²) in [5.74, 6) is 1.37. The standard InChI is InChI=1S/C27H26N4O2/c32-27(21-10-12-23(13-11-21)33-22-6-2-1-3-7-22)29-18-19-31-25-9-5-4-8-24(25)26(30-31)20-14-16-28-17-15-20/h1-3,6-7,10-17H,4-5,8-9,18-19H2,(H,29,32). The fourth-order valence-corrected chi connectivity index (χ4v) is 4.27. The van der Waals surface area contributed by atoms with Gasteiger partial charge < -0.3 is 10.1 Å². The lowest BCUT2D eigenvalue weighted by Gasteiger charge is -2.14. The highest BCUT2D eigenvalue weighted by Gasteiger charge is 2.21. The molecule has 6 heteroatoms. The molecule has 2 aromatic heterocycles. The molecule has 6 nitrogen and oxygen atoms in total. The SMILES string of the molecule is O=C(NCCn1nc(-c2ccncc2)c2c1CCCC2)c1ccc(Oc2ccccc2)cc1. The Morgan fingerprint density at radius 2 is 1.64 bits per heavy atom. The molecule has 1 aliphatic carbocycles. The van der Waals surface area contributed by atoms with Crippen molar-refractivity contribution in [1.29, 1.82) is 0 Å². The van der Waals surface area contributed by atoms with Gasteiger partial charge in [-0.2, -0.15) is 5.10 Å². The third-order valence-corrected chi connectivity index (χ3v) is 5.92. The summed E-state index contributed by atoms with van der Waals surface area (Å²) < 4.78 is 7.87. The zero-order chi connectivity index (χ0) is 22.5. The first-order valence-corrected chi connectivity index (χ1v) is 11.4. The van der Waals surface area contributed by atoms with Crippen molar-refractivity contribution < 1.29 is 9.53 Å². The predicted octanol–water partition coefficient (Wildman–Crippen LogP) is 5.05. The number of nitrogens with one attached hydrogen (secondary N) is 1. The van der Waals surface area contributed by atoms with Crippen LogP contribution in [0.25, 0.3) is 11.3 Å². The summed E-state index contributed by atoms with van der Waals surface area (Å²) >= 11 is 0. The molecule has 0 aliphatic heterocycles. The van der Waals surface area contributed by atoms with Crippen molar-refractivity contribution in [1.82, 2.24) is 20.1 Å². The van der Waals surface area contributed by atoms with E-state index >= 15 is 0 Å². The summed E-state index contributed by atoms with van der Waals surface area (Å²) in [5, 5.41) is 7.93. The fraction of sp³-hybridized carbons (Fsp3) is 0.222. The van der Waals surface area contributed by atoms with Gasteiger partial charge in [0, 0.05) is 41.3 Å². The molecule has 0 unspecified atom stereocenters. The quantitative estimate of drug-likeness (QED) is 0.439. The summed E-state index contributed by atoms with van der Waals surface area (Å²) in [6.07, 6.45) is 8.07. The van der Waals surface area contributed by atoms with E-state index in [4.69, 9.17) is 9.84 Å². The van der Waals surface area contributed by atoms with Crippen LogP contribution in [0.5, 0.6) is 11.5 Å². The normalized spacial score (nSPS) is 12.7. The van der Waals surface area contributed by atoms with Crippen molar-refractivity contribution in [3.05, 3.63) is 95.9 Å². The molecule has 1 N–H and O–H groups in total. The minimum Gasteiger partial charge on any atom is -0.457 e. The zero-order valence-electron chi connectivity index (χ0n) is 18.4. The fourth-order valence-electron chi connectivity index (χ4n) is 4.27. The molecule has 0 radical (unpaired) electrons. The summed E-state index contributed by atoms with van der Waals surface area (Å²) in [4.78, 5) is 16.8. The highest BCUT2D eigenvalue weighted by Crippen LogP contribution is 2.31. The average Bonchev–Trinajstić information content (AvgIpc) is 3.24. The van der Waals surface area contributed by atoms with Crippen LogP contribution in [0.15, 0.2) is 79.1 Å². The van der Waals surface area contributed by atoms with Gasteiger partial charge >= 0.3 is 0 Å². The van der Waals surface area contributed by atoms with Crippen molar-refractivity contribution in [2.24, 2.45) is 0 Å². The van der Waals surface area contributed by atoms with E-state index in [-0.39, 0.29) is 5.91 Å². The zero-order valence-corrected chi connectivity index (χ0v) is 18.4. The van der Waals surface area contributed by atoms with E-state index in [2.05, 4.69) is 15.0 Å². The van der Waals surface area contributed by atoms with E-state index in [1.165, 1.54) is 24.1 Å². The van der Waals surface area contributed by atoms with Crippen LogP contribution in [0, 0.1) is 0 Å². The van der Waals surface area contributed by atoms with Crippen LogP contribution in [0.3, 0.4) is 0 Å². The maximum absolute atomic E-state index is 12.6. The highest BCUT2D eigenvalue weighted by atomic mass is 16.5. The number of nitrogens with zero attached hydrogens (tertiary/aromatic N) is 3. The van der Waals surface area contributed by atoms with Gasteiger partial charge in [0.15, 0.2) is 0 Å². The second kappa shape index (κ2) is 9.69.